The predicted octanol–water partition coefficient (Wildman–Crippen LogP) is 4.47. The molecular formula is C24H28FIN6. The normalized spacial score (nSPS) is 11.4. The first-order valence-electron chi connectivity index (χ1n) is 10.5. The molecule has 0 amide bonds. The summed E-state index contributed by atoms with van der Waals surface area (Å²) in [5.41, 5.74) is 4.38. The van der Waals surface area contributed by atoms with E-state index in [9.17, 15) is 4.39 Å². The summed E-state index contributed by atoms with van der Waals surface area (Å²) < 4.78 is 15.5. The monoisotopic (exact) mass is 546 g/mol. The van der Waals surface area contributed by atoms with E-state index >= 15 is 0 Å². The molecule has 0 radical (unpaired) electrons. The summed E-state index contributed by atoms with van der Waals surface area (Å²) >= 11 is 0. The van der Waals surface area contributed by atoms with Crippen molar-refractivity contribution in [2.75, 3.05) is 13.1 Å². The average molecular weight is 546 g/mol. The van der Waals surface area contributed by atoms with E-state index < -0.39 is 0 Å². The van der Waals surface area contributed by atoms with Crippen LogP contribution in [0, 0.1) is 5.82 Å². The van der Waals surface area contributed by atoms with Crippen LogP contribution in [0.4, 0.5) is 4.39 Å². The number of nitrogens with zero attached hydrogens (tertiary/aromatic N) is 3. The van der Waals surface area contributed by atoms with Crippen molar-refractivity contribution in [1.82, 2.24) is 25.4 Å². The SMILES string of the molecule is CCNC(=NCc1cccc(Cn2cccn2)c1)NCCc1c[nH]c2ccc(F)cc12.I. The molecule has 0 aliphatic rings. The van der Waals surface area contributed by atoms with Crippen molar-refractivity contribution in [2.24, 2.45) is 4.99 Å². The number of H-pyrrole nitrogens is 1. The molecule has 6 nitrogen and oxygen atoms in total. The van der Waals surface area contributed by atoms with E-state index in [-0.39, 0.29) is 29.8 Å². The first-order chi connectivity index (χ1) is 15.2. The molecule has 2 aromatic heterocycles. The molecule has 0 saturated heterocycles. The van der Waals surface area contributed by atoms with E-state index in [1.807, 2.05) is 30.1 Å². The van der Waals surface area contributed by atoms with Crippen molar-refractivity contribution in [1.29, 1.82) is 0 Å². The van der Waals surface area contributed by atoms with Crippen LogP contribution in [0.15, 0.2) is 72.1 Å². The van der Waals surface area contributed by atoms with Gasteiger partial charge < -0.3 is 15.6 Å². The fourth-order valence-electron chi connectivity index (χ4n) is 3.59. The van der Waals surface area contributed by atoms with E-state index in [2.05, 4.69) is 45.0 Å². The molecule has 0 unspecified atom stereocenters. The van der Waals surface area contributed by atoms with Crippen LogP contribution in [-0.4, -0.2) is 33.8 Å². The third-order valence-electron chi connectivity index (χ3n) is 5.08. The van der Waals surface area contributed by atoms with Crippen molar-refractivity contribution in [3.05, 3.63) is 89.6 Å². The summed E-state index contributed by atoms with van der Waals surface area (Å²) in [6.07, 6.45) is 6.46. The predicted molar refractivity (Wildman–Crippen MR) is 138 cm³/mol. The zero-order valence-electron chi connectivity index (χ0n) is 18.0. The number of halogens is 2. The number of aliphatic imine (C=N–C) groups is 1. The average Bonchev–Trinajstić information content (AvgIpc) is 3.42. The molecular weight excluding hydrogens is 518 g/mol. The molecule has 2 aromatic carbocycles. The van der Waals surface area contributed by atoms with Crippen LogP contribution >= 0.6 is 24.0 Å². The van der Waals surface area contributed by atoms with Gasteiger partial charge in [-0.3, -0.25) is 4.68 Å². The van der Waals surface area contributed by atoms with Crippen LogP contribution in [0.5, 0.6) is 0 Å². The number of rotatable bonds is 8. The van der Waals surface area contributed by atoms with Gasteiger partial charge >= 0.3 is 0 Å². The molecule has 0 atom stereocenters. The van der Waals surface area contributed by atoms with E-state index in [1.165, 1.54) is 11.6 Å². The Labute approximate surface area is 204 Å². The Hall–Kier alpha value is -2.88. The molecule has 0 aliphatic heterocycles. The third kappa shape index (κ3) is 6.32. The summed E-state index contributed by atoms with van der Waals surface area (Å²) in [5.74, 6) is 0.553. The maximum Gasteiger partial charge on any atom is 0.191 e. The van der Waals surface area contributed by atoms with Gasteiger partial charge in [0.25, 0.3) is 0 Å². The fourth-order valence-corrected chi connectivity index (χ4v) is 3.59. The van der Waals surface area contributed by atoms with Crippen LogP contribution in [-0.2, 0) is 19.5 Å². The molecule has 2 heterocycles. The summed E-state index contributed by atoms with van der Waals surface area (Å²) in [6.45, 7) is 4.86. The van der Waals surface area contributed by atoms with Gasteiger partial charge in [0.2, 0.25) is 0 Å². The lowest BCUT2D eigenvalue weighted by Crippen LogP contribution is -2.38. The van der Waals surface area contributed by atoms with Crippen molar-refractivity contribution in [3.63, 3.8) is 0 Å². The third-order valence-corrected chi connectivity index (χ3v) is 5.08. The van der Waals surface area contributed by atoms with Gasteiger partial charge in [0.1, 0.15) is 5.82 Å². The number of benzene rings is 2. The number of fused-ring (bicyclic) bond motifs is 1. The van der Waals surface area contributed by atoms with Crippen LogP contribution in [0.1, 0.15) is 23.6 Å². The summed E-state index contributed by atoms with van der Waals surface area (Å²) in [7, 11) is 0. The Morgan fingerprint density at radius 2 is 2.00 bits per heavy atom. The van der Waals surface area contributed by atoms with Gasteiger partial charge in [-0.15, -0.1) is 24.0 Å². The Kier molecular flexibility index (Phi) is 8.66. The number of aromatic amines is 1. The second-order valence-electron chi connectivity index (χ2n) is 7.40. The lowest BCUT2D eigenvalue weighted by atomic mass is 10.1. The molecule has 0 fully saturated rings. The van der Waals surface area contributed by atoms with Crippen LogP contribution in [0.3, 0.4) is 0 Å². The molecule has 3 N–H and O–H groups in total. The topological polar surface area (TPSA) is 70.0 Å². The highest BCUT2D eigenvalue weighted by Gasteiger charge is 2.06. The number of nitrogens with one attached hydrogen (secondary N) is 3. The smallest absolute Gasteiger partial charge is 0.191 e. The molecule has 4 rings (SSSR count). The van der Waals surface area contributed by atoms with Crippen molar-refractivity contribution in [3.8, 4) is 0 Å². The minimum atomic E-state index is -0.217. The first kappa shape index (κ1) is 23.8. The molecule has 0 spiro atoms. The molecule has 0 aliphatic carbocycles. The highest BCUT2D eigenvalue weighted by atomic mass is 127. The largest absolute Gasteiger partial charge is 0.361 e. The first-order valence-corrected chi connectivity index (χ1v) is 10.5. The van der Waals surface area contributed by atoms with Gasteiger partial charge in [-0.25, -0.2) is 9.38 Å². The summed E-state index contributed by atoms with van der Waals surface area (Å²) in [4.78, 5) is 7.92. The Bertz CT molecular complexity index is 1150. The number of guanidine groups is 1. The number of aromatic nitrogens is 3. The number of hydrogen-bond donors (Lipinski definition) is 3. The zero-order chi connectivity index (χ0) is 21.5. The summed E-state index contributed by atoms with van der Waals surface area (Å²) in [5, 5.41) is 11.9. The van der Waals surface area contributed by atoms with E-state index in [4.69, 9.17) is 4.99 Å². The minimum absolute atomic E-state index is 0. The van der Waals surface area contributed by atoms with E-state index in [0.29, 0.717) is 13.1 Å². The highest BCUT2D eigenvalue weighted by Crippen LogP contribution is 2.19. The van der Waals surface area contributed by atoms with Gasteiger partial charge in [-0.05, 0) is 54.3 Å². The lowest BCUT2D eigenvalue weighted by molar-refractivity contribution is 0.629. The molecule has 168 valence electrons. The second kappa shape index (κ2) is 11.7. The molecule has 8 heteroatoms. The van der Waals surface area contributed by atoms with Crippen molar-refractivity contribution >= 4 is 40.8 Å². The van der Waals surface area contributed by atoms with Gasteiger partial charge in [-0.1, -0.05) is 24.3 Å². The number of hydrogen-bond acceptors (Lipinski definition) is 2. The zero-order valence-corrected chi connectivity index (χ0v) is 20.3. The summed E-state index contributed by atoms with van der Waals surface area (Å²) in [6, 6.07) is 15.2. The maximum absolute atomic E-state index is 13.6. The second-order valence-corrected chi connectivity index (χ2v) is 7.40. The standard InChI is InChI=1S/C24H27FN6.HI/c1-2-26-24(27-11-9-20-16-28-23-8-7-21(25)14-22(20)23)29-15-18-5-3-6-19(13-18)17-31-12-4-10-30-31;/h3-8,10,12-14,16,28H,2,9,11,15,17H2,1H3,(H2,26,27,29);1H. The minimum Gasteiger partial charge on any atom is -0.361 e. The Morgan fingerprint density at radius 1 is 1.12 bits per heavy atom. The van der Waals surface area contributed by atoms with Crippen molar-refractivity contribution in [2.45, 2.75) is 26.4 Å². The Balaban J connectivity index is 0.00000289. The van der Waals surface area contributed by atoms with Gasteiger partial charge in [0, 0.05) is 42.6 Å². The van der Waals surface area contributed by atoms with Gasteiger partial charge in [-0.2, -0.15) is 5.10 Å². The fraction of sp³-hybridized carbons (Fsp3) is 0.250. The van der Waals surface area contributed by atoms with E-state index in [0.717, 1.165) is 47.5 Å². The molecule has 0 bridgehead atoms. The molecule has 0 saturated carbocycles. The Morgan fingerprint density at radius 3 is 2.81 bits per heavy atom. The maximum atomic E-state index is 13.6. The van der Waals surface area contributed by atoms with Crippen LogP contribution in [0.2, 0.25) is 0 Å². The lowest BCUT2D eigenvalue weighted by Gasteiger charge is -2.11. The quantitative estimate of drug-likeness (QED) is 0.174. The van der Waals surface area contributed by atoms with Gasteiger partial charge in [0.15, 0.2) is 5.96 Å². The van der Waals surface area contributed by atoms with Crippen molar-refractivity contribution < 1.29 is 4.39 Å². The van der Waals surface area contributed by atoms with Crippen LogP contribution < -0.4 is 10.6 Å². The molecule has 4 aromatic rings. The van der Waals surface area contributed by atoms with E-state index in [1.54, 1.807) is 18.3 Å². The van der Waals surface area contributed by atoms with Gasteiger partial charge in [0.05, 0.1) is 13.1 Å². The van der Waals surface area contributed by atoms with Crippen LogP contribution in [0.25, 0.3) is 10.9 Å². The molecule has 32 heavy (non-hydrogen) atoms. The highest BCUT2D eigenvalue weighted by molar-refractivity contribution is 14.0.